The van der Waals surface area contributed by atoms with E-state index in [-0.39, 0.29) is 23.6 Å². The highest BCUT2D eigenvalue weighted by molar-refractivity contribution is 7.90. The fourth-order valence-corrected chi connectivity index (χ4v) is 6.09. The van der Waals surface area contributed by atoms with Gasteiger partial charge in [-0.1, -0.05) is 18.2 Å². The van der Waals surface area contributed by atoms with Gasteiger partial charge in [-0.2, -0.15) is 0 Å². The van der Waals surface area contributed by atoms with Crippen LogP contribution in [0.15, 0.2) is 53.7 Å². The Balaban J connectivity index is 1.42. The molecule has 41 heavy (non-hydrogen) atoms. The Kier molecular flexibility index (Phi) is 7.82. The van der Waals surface area contributed by atoms with E-state index in [1.165, 1.54) is 18.2 Å². The van der Waals surface area contributed by atoms with Crippen molar-refractivity contribution in [3.05, 3.63) is 60.2 Å². The number of amides is 1. The van der Waals surface area contributed by atoms with Crippen LogP contribution in [-0.2, 0) is 14.6 Å². The van der Waals surface area contributed by atoms with Crippen LogP contribution in [0.4, 0.5) is 21.7 Å². The summed E-state index contributed by atoms with van der Waals surface area (Å²) in [4.78, 5) is 27.2. The molecule has 0 unspecified atom stereocenters. The van der Waals surface area contributed by atoms with Gasteiger partial charge >= 0.3 is 0 Å². The van der Waals surface area contributed by atoms with Crippen molar-refractivity contribution >= 4 is 44.0 Å². The van der Waals surface area contributed by atoms with Crippen LogP contribution in [-0.4, -0.2) is 71.6 Å². The van der Waals surface area contributed by atoms with Crippen LogP contribution >= 0.6 is 0 Å². The number of fused-ring (bicyclic) bond motifs is 1. The molecule has 1 amide bonds. The number of benzene rings is 2. The highest BCUT2D eigenvalue weighted by atomic mass is 32.2. The van der Waals surface area contributed by atoms with Crippen LogP contribution < -0.4 is 16.0 Å². The lowest BCUT2D eigenvalue weighted by Gasteiger charge is -2.39. The summed E-state index contributed by atoms with van der Waals surface area (Å²) < 4.78 is 38.8. The average Bonchev–Trinajstić information content (AvgIpc) is 3.34. The summed E-state index contributed by atoms with van der Waals surface area (Å²) in [5, 5.41) is 10.2. The Labute approximate surface area is 238 Å². The minimum Gasteiger partial charge on any atom is -0.359 e. The van der Waals surface area contributed by atoms with Crippen molar-refractivity contribution < 1.29 is 17.6 Å². The van der Waals surface area contributed by atoms with Gasteiger partial charge in [0.15, 0.2) is 15.7 Å². The van der Waals surface area contributed by atoms with Crippen molar-refractivity contribution in [1.82, 2.24) is 25.2 Å². The molecule has 0 aliphatic carbocycles. The number of nitrogens with one attached hydrogen (secondary N) is 4. The number of aromatic amines is 1. The number of H-pyrrole nitrogens is 1. The fraction of sp³-hybridized carbons (Fsp3) is 0.345. The second kappa shape index (κ2) is 11.2. The van der Waals surface area contributed by atoms with E-state index >= 15 is 0 Å². The van der Waals surface area contributed by atoms with Gasteiger partial charge in [0.2, 0.25) is 11.9 Å². The molecular formula is C29H34FN7O3S. The van der Waals surface area contributed by atoms with Gasteiger partial charge in [-0.3, -0.25) is 9.69 Å². The number of carbonyl (C=O) groups excluding carboxylic acids is 1. The first kappa shape index (κ1) is 28.7. The molecule has 1 aliphatic rings. The molecule has 0 bridgehead atoms. The molecule has 4 aromatic rings. The number of sulfone groups is 1. The minimum absolute atomic E-state index is 0.0472. The first-order valence-electron chi connectivity index (χ1n) is 13.4. The van der Waals surface area contributed by atoms with Gasteiger partial charge in [0.25, 0.3) is 0 Å². The maximum atomic E-state index is 14.9. The van der Waals surface area contributed by atoms with E-state index in [2.05, 4.69) is 49.6 Å². The molecule has 3 heterocycles. The summed E-state index contributed by atoms with van der Waals surface area (Å²) in [7, 11) is -3.75. The van der Waals surface area contributed by atoms with E-state index in [1.807, 2.05) is 38.2 Å². The highest BCUT2D eigenvalue weighted by Crippen LogP contribution is 2.34. The zero-order valence-electron chi connectivity index (χ0n) is 23.6. The molecule has 3 atom stereocenters. The summed E-state index contributed by atoms with van der Waals surface area (Å²) in [6, 6.07) is 10.1. The molecule has 10 nitrogen and oxygen atoms in total. The van der Waals surface area contributed by atoms with Crippen molar-refractivity contribution in [1.29, 1.82) is 0 Å². The number of hydrogen-bond acceptors (Lipinski definition) is 8. The van der Waals surface area contributed by atoms with E-state index in [0.717, 1.165) is 41.4 Å². The average molecular weight is 580 g/mol. The molecule has 216 valence electrons. The van der Waals surface area contributed by atoms with Crippen LogP contribution in [0.5, 0.6) is 0 Å². The van der Waals surface area contributed by atoms with Gasteiger partial charge in [0.05, 0.1) is 28.6 Å². The predicted octanol–water partition coefficient (Wildman–Crippen LogP) is 4.23. The molecule has 1 aliphatic heterocycles. The molecule has 12 heteroatoms. The maximum absolute atomic E-state index is 14.9. The predicted molar refractivity (Wildman–Crippen MR) is 159 cm³/mol. The number of nitrogens with zero attached hydrogens (tertiary/aromatic N) is 3. The Morgan fingerprint density at radius 2 is 1.80 bits per heavy atom. The van der Waals surface area contributed by atoms with Crippen molar-refractivity contribution in [2.24, 2.45) is 0 Å². The number of aromatic nitrogens is 3. The van der Waals surface area contributed by atoms with E-state index in [0.29, 0.717) is 23.5 Å². The number of halogens is 1. The minimum atomic E-state index is -3.75. The number of para-hydroxylation sites is 1. The van der Waals surface area contributed by atoms with Crippen LogP contribution in [0.3, 0.4) is 0 Å². The van der Waals surface area contributed by atoms with Crippen LogP contribution in [0.2, 0.25) is 0 Å². The molecule has 2 aromatic carbocycles. The first-order chi connectivity index (χ1) is 19.4. The van der Waals surface area contributed by atoms with Crippen molar-refractivity contribution in [2.75, 3.05) is 30.0 Å². The lowest BCUT2D eigenvalue weighted by Crippen LogP contribution is -2.58. The topological polar surface area (TPSA) is 132 Å². The Bertz CT molecular complexity index is 1710. The molecule has 2 aromatic heterocycles. The van der Waals surface area contributed by atoms with Crippen molar-refractivity contribution in [3.8, 4) is 11.3 Å². The van der Waals surface area contributed by atoms with Crippen molar-refractivity contribution in [3.63, 3.8) is 0 Å². The first-order valence-corrected chi connectivity index (χ1v) is 15.3. The SMILES string of the molecule is Cc1cnc(Nc2cccc(S(C)(=O)=O)c2F)nc1-c1c[nH]c2c(NC(=O)[C@@H](C)N3C[C@H](C)N[C@@H](C)C3)cccc12. The third-order valence-corrected chi connectivity index (χ3v) is 8.44. The van der Waals surface area contributed by atoms with Gasteiger partial charge in [-0.05, 0) is 51.5 Å². The van der Waals surface area contributed by atoms with E-state index < -0.39 is 20.5 Å². The molecule has 0 saturated carbocycles. The van der Waals surface area contributed by atoms with Gasteiger partial charge in [-0.15, -0.1) is 0 Å². The normalized spacial score (nSPS) is 18.8. The highest BCUT2D eigenvalue weighted by Gasteiger charge is 2.29. The Morgan fingerprint density at radius 3 is 2.51 bits per heavy atom. The lowest BCUT2D eigenvalue weighted by molar-refractivity contribution is -0.121. The van der Waals surface area contributed by atoms with Gasteiger partial charge in [-0.25, -0.2) is 22.8 Å². The monoisotopic (exact) mass is 579 g/mol. The van der Waals surface area contributed by atoms with Gasteiger partial charge < -0.3 is 20.9 Å². The molecule has 0 spiro atoms. The van der Waals surface area contributed by atoms with Gasteiger partial charge in [0.1, 0.15) is 4.90 Å². The van der Waals surface area contributed by atoms with Crippen LogP contribution in [0.25, 0.3) is 22.2 Å². The largest absolute Gasteiger partial charge is 0.359 e. The zero-order chi connectivity index (χ0) is 29.5. The second-order valence-electron chi connectivity index (χ2n) is 10.8. The quantitative estimate of drug-likeness (QED) is 0.256. The molecule has 1 saturated heterocycles. The summed E-state index contributed by atoms with van der Waals surface area (Å²) in [6.07, 6.45) is 4.38. The third-order valence-electron chi connectivity index (χ3n) is 7.32. The Morgan fingerprint density at radius 1 is 1.12 bits per heavy atom. The molecule has 1 fully saturated rings. The standard InChI is InChI=1S/C29H34FN7O3S/c1-16-12-32-29(35-22-9-7-11-24(25(22)30)41(5,39)40)36-26(16)21-13-31-27-20(21)8-6-10-23(27)34-28(38)19(4)37-14-17(2)33-18(3)15-37/h6-13,17-19,31,33H,14-15H2,1-5H3,(H,34,38)(H,32,35,36)/t17-,18-,19+/m0/s1. The number of rotatable bonds is 7. The third kappa shape index (κ3) is 5.95. The zero-order valence-corrected chi connectivity index (χ0v) is 24.4. The number of aryl methyl sites for hydroxylation is 1. The maximum Gasteiger partial charge on any atom is 0.241 e. The van der Waals surface area contributed by atoms with Gasteiger partial charge in [0, 0.05) is 54.8 Å². The van der Waals surface area contributed by atoms with E-state index in [4.69, 9.17) is 0 Å². The number of carbonyl (C=O) groups is 1. The lowest BCUT2D eigenvalue weighted by atomic mass is 10.1. The Hall–Kier alpha value is -3.87. The number of anilines is 3. The van der Waals surface area contributed by atoms with Crippen LogP contribution in [0, 0.1) is 12.7 Å². The number of hydrogen-bond donors (Lipinski definition) is 4. The second-order valence-corrected chi connectivity index (χ2v) is 12.7. The van der Waals surface area contributed by atoms with E-state index in [1.54, 1.807) is 6.20 Å². The molecule has 5 rings (SSSR count). The molecular weight excluding hydrogens is 545 g/mol. The molecule has 0 radical (unpaired) electrons. The smallest absolute Gasteiger partial charge is 0.241 e. The summed E-state index contributed by atoms with van der Waals surface area (Å²) in [5.74, 6) is -0.868. The fourth-order valence-electron chi connectivity index (χ4n) is 5.33. The molecule has 4 N–H and O–H groups in total. The summed E-state index contributed by atoms with van der Waals surface area (Å²) in [5.41, 5.74) is 3.54. The summed E-state index contributed by atoms with van der Waals surface area (Å²) in [6.45, 7) is 9.61. The summed E-state index contributed by atoms with van der Waals surface area (Å²) >= 11 is 0. The van der Waals surface area contributed by atoms with Crippen molar-refractivity contribution in [2.45, 2.75) is 50.7 Å². The number of piperazine rings is 1. The van der Waals surface area contributed by atoms with Crippen LogP contribution in [0.1, 0.15) is 26.3 Å². The van der Waals surface area contributed by atoms with E-state index in [9.17, 15) is 17.6 Å².